The van der Waals surface area contributed by atoms with Crippen molar-refractivity contribution in [3.63, 3.8) is 0 Å². The third kappa shape index (κ3) is 3.35. The van der Waals surface area contributed by atoms with E-state index in [2.05, 4.69) is 6.07 Å². The van der Waals surface area contributed by atoms with Gasteiger partial charge in [0.05, 0.1) is 21.3 Å². The summed E-state index contributed by atoms with van der Waals surface area (Å²) >= 11 is 0. The summed E-state index contributed by atoms with van der Waals surface area (Å²) in [5.74, 6) is 2.31. The van der Waals surface area contributed by atoms with Crippen LogP contribution >= 0.6 is 0 Å². The summed E-state index contributed by atoms with van der Waals surface area (Å²) in [5, 5.41) is 9.62. The van der Waals surface area contributed by atoms with Gasteiger partial charge in [0.15, 0.2) is 11.5 Å². The minimum atomic E-state index is -0.689. The third-order valence-corrected chi connectivity index (χ3v) is 4.33. The highest BCUT2D eigenvalue weighted by Crippen LogP contribution is 2.37. The van der Waals surface area contributed by atoms with Gasteiger partial charge in [-0.1, -0.05) is 12.1 Å². The molecule has 0 bridgehead atoms. The molecule has 0 radical (unpaired) electrons. The van der Waals surface area contributed by atoms with Gasteiger partial charge in [0.1, 0.15) is 5.75 Å². The van der Waals surface area contributed by atoms with E-state index < -0.39 is 7.12 Å². The summed E-state index contributed by atoms with van der Waals surface area (Å²) in [5.41, 5.74) is 3.12. The van der Waals surface area contributed by atoms with Crippen LogP contribution in [0.15, 0.2) is 36.4 Å². The van der Waals surface area contributed by atoms with Gasteiger partial charge < -0.3 is 23.9 Å². The van der Waals surface area contributed by atoms with Crippen molar-refractivity contribution in [3.8, 4) is 28.4 Å². The molecule has 1 fully saturated rings. The lowest BCUT2D eigenvalue weighted by atomic mass is 9.79. The summed E-state index contributed by atoms with van der Waals surface area (Å²) in [7, 11) is 4.20. The van der Waals surface area contributed by atoms with Crippen LogP contribution in [-0.4, -0.2) is 40.1 Å². The molecule has 2 aromatic rings. The van der Waals surface area contributed by atoms with Gasteiger partial charge in [0.25, 0.3) is 0 Å². The molecule has 3 rings (SSSR count). The Morgan fingerprint density at radius 2 is 1.75 bits per heavy atom. The molecule has 1 saturated heterocycles. The molecule has 1 N–H and O–H groups in total. The average Bonchev–Trinajstić information content (AvgIpc) is 3.07. The second-order valence-corrected chi connectivity index (χ2v) is 5.79. The van der Waals surface area contributed by atoms with E-state index in [-0.39, 0.29) is 5.92 Å². The molecule has 1 aliphatic heterocycles. The van der Waals surface area contributed by atoms with Gasteiger partial charge in [-0.05, 0) is 47.3 Å². The lowest BCUT2D eigenvalue weighted by molar-refractivity contribution is 0.292. The Bertz CT molecular complexity index is 719. The van der Waals surface area contributed by atoms with Gasteiger partial charge in [-0.2, -0.15) is 0 Å². The van der Waals surface area contributed by atoms with Gasteiger partial charge in [-0.25, -0.2) is 0 Å². The van der Waals surface area contributed by atoms with Gasteiger partial charge in [-0.3, -0.25) is 0 Å². The Morgan fingerprint density at radius 3 is 2.38 bits per heavy atom. The molecule has 0 saturated carbocycles. The van der Waals surface area contributed by atoms with Crippen LogP contribution in [0.2, 0.25) is 6.32 Å². The number of rotatable bonds is 5. The van der Waals surface area contributed by atoms with Gasteiger partial charge >= 0.3 is 7.12 Å². The summed E-state index contributed by atoms with van der Waals surface area (Å²) < 4.78 is 21.4. The van der Waals surface area contributed by atoms with E-state index in [1.807, 2.05) is 30.3 Å². The van der Waals surface area contributed by atoms with E-state index in [4.69, 9.17) is 18.9 Å². The maximum Gasteiger partial charge on any atom is 0.454 e. The predicted molar refractivity (Wildman–Crippen MR) is 93.0 cm³/mol. The molecule has 0 amide bonds. The Balaban J connectivity index is 2.01. The van der Waals surface area contributed by atoms with Crippen LogP contribution in [0.25, 0.3) is 11.1 Å². The normalized spacial score (nSPS) is 17.0. The van der Waals surface area contributed by atoms with Crippen molar-refractivity contribution in [2.45, 2.75) is 12.2 Å². The molecule has 0 spiro atoms. The largest absolute Gasteiger partial charge is 0.497 e. The maximum atomic E-state index is 9.62. The molecule has 24 heavy (non-hydrogen) atoms. The Kier molecular flexibility index (Phi) is 4.97. The first kappa shape index (κ1) is 16.7. The second-order valence-electron chi connectivity index (χ2n) is 5.79. The van der Waals surface area contributed by atoms with E-state index >= 15 is 0 Å². The highest BCUT2D eigenvalue weighted by molar-refractivity contribution is 6.43. The van der Waals surface area contributed by atoms with E-state index in [0.29, 0.717) is 24.4 Å². The first-order chi connectivity index (χ1) is 11.6. The molecule has 1 atom stereocenters. The Hall–Kier alpha value is -2.18. The monoisotopic (exact) mass is 328 g/mol. The smallest absolute Gasteiger partial charge is 0.454 e. The van der Waals surface area contributed by atoms with Crippen LogP contribution in [0.5, 0.6) is 17.2 Å². The number of methoxy groups -OCH3 is 3. The van der Waals surface area contributed by atoms with E-state index in [9.17, 15) is 5.02 Å². The number of ether oxygens (including phenoxy) is 3. The number of hydrogen-bond donors (Lipinski definition) is 1. The first-order valence-electron chi connectivity index (χ1n) is 7.85. The molecule has 6 heteroatoms. The van der Waals surface area contributed by atoms with Crippen molar-refractivity contribution in [1.29, 1.82) is 0 Å². The summed E-state index contributed by atoms with van der Waals surface area (Å²) in [6.45, 7) is 0.514. The molecule has 0 aromatic heterocycles. The first-order valence-corrected chi connectivity index (χ1v) is 7.85. The molecule has 1 heterocycles. The quantitative estimate of drug-likeness (QED) is 0.855. The topological polar surface area (TPSA) is 57.2 Å². The molecule has 0 aliphatic carbocycles. The lowest BCUT2D eigenvalue weighted by Gasteiger charge is -2.14. The highest BCUT2D eigenvalue weighted by Gasteiger charge is 2.30. The fourth-order valence-electron chi connectivity index (χ4n) is 3.00. The van der Waals surface area contributed by atoms with Crippen molar-refractivity contribution < 1.29 is 23.9 Å². The molecular weight excluding hydrogens is 307 g/mol. The van der Waals surface area contributed by atoms with Gasteiger partial charge in [0, 0.05) is 12.5 Å². The van der Waals surface area contributed by atoms with E-state index in [0.717, 1.165) is 22.4 Å². The minimum Gasteiger partial charge on any atom is -0.497 e. The van der Waals surface area contributed by atoms with Crippen molar-refractivity contribution >= 4 is 7.12 Å². The van der Waals surface area contributed by atoms with Crippen LogP contribution in [-0.2, 0) is 4.65 Å². The number of benzene rings is 2. The predicted octanol–water partition coefficient (Wildman–Crippen LogP) is 2.97. The summed E-state index contributed by atoms with van der Waals surface area (Å²) in [6.07, 6.45) is 0.596. The van der Waals surface area contributed by atoms with Crippen molar-refractivity contribution in [2.24, 2.45) is 0 Å². The van der Waals surface area contributed by atoms with Crippen LogP contribution in [0, 0.1) is 0 Å². The van der Waals surface area contributed by atoms with E-state index in [1.165, 1.54) is 0 Å². The van der Waals surface area contributed by atoms with Crippen molar-refractivity contribution in [1.82, 2.24) is 0 Å². The molecule has 5 nitrogen and oxygen atoms in total. The number of hydrogen-bond acceptors (Lipinski definition) is 5. The summed E-state index contributed by atoms with van der Waals surface area (Å²) in [4.78, 5) is 0. The van der Waals surface area contributed by atoms with Crippen LogP contribution in [0.4, 0.5) is 0 Å². The van der Waals surface area contributed by atoms with Crippen LogP contribution in [0.3, 0.4) is 0 Å². The van der Waals surface area contributed by atoms with Gasteiger partial charge in [0.2, 0.25) is 0 Å². The third-order valence-electron chi connectivity index (χ3n) is 4.33. The zero-order valence-electron chi connectivity index (χ0n) is 14.1. The standard InChI is InChI=1S/C18H21BO5/c1-21-16-7-13(6-14(8-16)15-10-19(20)24-11-15)12-4-5-17(22-2)18(9-12)23-3/h4-9,15,20H,10-11H2,1-3H3. The van der Waals surface area contributed by atoms with Crippen molar-refractivity contribution in [3.05, 3.63) is 42.0 Å². The van der Waals surface area contributed by atoms with Crippen molar-refractivity contribution in [2.75, 3.05) is 27.9 Å². The summed E-state index contributed by atoms with van der Waals surface area (Å²) in [6, 6.07) is 11.9. The average molecular weight is 328 g/mol. The lowest BCUT2D eigenvalue weighted by Crippen LogP contribution is -2.07. The Labute approximate surface area is 142 Å². The molecular formula is C18H21BO5. The second kappa shape index (κ2) is 7.15. The zero-order chi connectivity index (χ0) is 17.1. The minimum absolute atomic E-state index is 0.161. The molecule has 1 aliphatic rings. The van der Waals surface area contributed by atoms with Gasteiger partial charge in [-0.15, -0.1) is 0 Å². The molecule has 1 unspecified atom stereocenters. The maximum absolute atomic E-state index is 9.62. The fraction of sp³-hybridized carbons (Fsp3) is 0.333. The van der Waals surface area contributed by atoms with E-state index in [1.54, 1.807) is 21.3 Å². The fourth-order valence-corrected chi connectivity index (χ4v) is 3.00. The van der Waals surface area contributed by atoms with Crippen LogP contribution < -0.4 is 14.2 Å². The Morgan fingerprint density at radius 1 is 0.958 bits per heavy atom. The SMILES string of the molecule is COc1cc(-c2ccc(OC)c(OC)c2)cc(C2COB(O)C2)c1. The zero-order valence-corrected chi connectivity index (χ0v) is 14.1. The molecule has 2 aromatic carbocycles. The van der Waals surface area contributed by atoms with Crippen LogP contribution in [0.1, 0.15) is 11.5 Å². The molecule has 126 valence electrons. The highest BCUT2D eigenvalue weighted by atomic mass is 16.5.